The highest BCUT2D eigenvalue weighted by Gasteiger charge is 2.30. The Morgan fingerprint density at radius 3 is 2.57 bits per heavy atom. The second-order valence-corrected chi connectivity index (χ2v) is 7.09. The Morgan fingerprint density at radius 1 is 1.07 bits per heavy atom. The van der Waals surface area contributed by atoms with E-state index in [0.29, 0.717) is 12.6 Å². The van der Waals surface area contributed by atoms with Crippen molar-refractivity contribution < 1.29 is 9.47 Å². The van der Waals surface area contributed by atoms with E-state index in [0.717, 1.165) is 36.1 Å². The second kappa shape index (κ2) is 8.48. The third-order valence-corrected chi connectivity index (χ3v) is 5.12. The normalized spacial score (nSPS) is 13.7. The van der Waals surface area contributed by atoms with Crippen LogP contribution in [0, 0.1) is 0 Å². The van der Waals surface area contributed by atoms with Crippen LogP contribution < -0.4 is 9.47 Å². The molecule has 5 nitrogen and oxygen atoms in total. The van der Waals surface area contributed by atoms with Gasteiger partial charge >= 0.3 is 0 Å². The quantitative estimate of drug-likeness (QED) is 0.552. The number of para-hydroxylation sites is 1. The molecule has 0 unspecified atom stereocenters. The number of methoxy groups -OCH3 is 1. The minimum Gasteiger partial charge on any atom is -0.497 e. The number of nitrogens with zero attached hydrogens (tertiary/aromatic N) is 3. The molecule has 2 aromatic carbocycles. The lowest BCUT2D eigenvalue weighted by Gasteiger charge is -2.23. The van der Waals surface area contributed by atoms with Gasteiger partial charge in [0.05, 0.1) is 20.3 Å². The van der Waals surface area contributed by atoms with E-state index in [2.05, 4.69) is 44.8 Å². The average Bonchev–Trinajstić information content (AvgIpc) is 3.48. The van der Waals surface area contributed by atoms with E-state index in [4.69, 9.17) is 9.47 Å². The summed E-state index contributed by atoms with van der Waals surface area (Å²) >= 11 is 0. The number of rotatable bonds is 9. The smallest absolute Gasteiger partial charge is 0.127 e. The van der Waals surface area contributed by atoms with Gasteiger partial charge in [-0.05, 0) is 50.1 Å². The van der Waals surface area contributed by atoms with Crippen molar-refractivity contribution >= 4 is 0 Å². The summed E-state index contributed by atoms with van der Waals surface area (Å²) in [6.45, 7) is 4.39. The molecular formula is C23H27N3O2. The van der Waals surface area contributed by atoms with Crippen LogP contribution in [0.3, 0.4) is 0 Å². The van der Waals surface area contributed by atoms with Gasteiger partial charge in [0.2, 0.25) is 0 Å². The van der Waals surface area contributed by atoms with Crippen LogP contribution in [0.15, 0.2) is 60.9 Å². The maximum atomic E-state index is 5.83. The molecule has 4 rings (SSSR count). The highest BCUT2D eigenvalue weighted by molar-refractivity contribution is 5.38. The Bertz CT molecular complexity index is 900. The van der Waals surface area contributed by atoms with Gasteiger partial charge in [0.15, 0.2) is 0 Å². The summed E-state index contributed by atoms with van der Waals surface area (Å²) in [6, 6.07) is 17.1. The molecule has 0 spiro atoms. The average molecular weight is 377 g/mol. The number of benzene rings is 2. The summed E-state index contributed by atoms with van der Waals surface area (Å²) in [5.74, 6) is 2.89. The molecule has 1 aliphatic rings. The number of hydrogen-bond acceptors (Lipinski definition) is 4. The molecule has 1 aromatic heterocycles. The third kappa shape index (κ3) is 4.20. The summed E-state index contributed by atoms with van der Waals surface area (Å²) in [5, 5.41) is 0. The zero-order valence-corrected chi connectivity index (χ0v) is 16.5. The predicted molar refractivity (Wildman–Crippen MR) is 110 cm³/mol. The van der Waals surface area contributed by atoms with Gasteiger partial charge in [0, 0.05) is 36.2 Å². The summed E-state index contributed by atoms with van der Waals surface area (Å²) in [7, 11) is 1.69. The minimum absolute atomic E-state index is 0.621. The van der Waals surface area contributed by atoms with Crippen LogP contribution in [0.4, 0.5) is 0 Å². The monoisotopic (exact) mass is 377 g/mol. The molecule has 5 heteroatoms. The number of imidazole rings is 1. The second-order valence-electron chi connectivity index (χ2n) is 7.09. The highest BCUT2D eigenvalue weighted by Crippen LogP contribution is 2.32. The van der Waals surface area contributed by atoms with Gasteiger partial charge in [0.25, 0.3) is 0 Å². The molecular weight excluding hydrogens is 350 g/mol. The van der Waals surface area contributed by atoms with Gasteiger partial charge in [-0.15, -0.1) is 0 Å². The van der Waals surface area contributed by atoms with E-state index < -0.39 is 0 Å². The lowest BCUT2D eigenvalue weighted by molar-refractivity contribution is 0.232. The minimum atomic E-state index is 0.621. The molecule has 1 saturated carbocycles. The lowest BCUT2D eigenvalue weighted by Crippen LogP contribution is -2.27. The molecule has 1 fully saturated rings. The van der Waals surface area contributed by atoms with Gasteiger partial charge in [0.1, 0.15) is 17.3 Å². The predicted octanol–water partition coefficient (Wildman–Crippen LogP) is 4.44. The standard InChI is InChI=1S/C23H27N3O2/c1-3-28-22-7-5-4-6-18(22)16-25(19-8-9-19)17-23-24-14-15-26(23)20-10-12-21(27-2)13-11-20/h4-7,10-15,19H,3,8-9,16-17H2,1-2H3. The maximum absolute atomic E-state index is 5.83. The first-order valence-corrected chi connectivity index (χ1v) is 9.90. The third-order valence-electron chi connectivity index (χ3n) is 5.12. The lowest BCUT2D eigenvalue weighted by atomic mass is 10.2. The molecule has 1 aliphatic carbocycles. The zero-order valence-electron chi connectivity index (χ0n) is 16.5. The molecule has 146 valence electrons. The molecule has 0 atom stereocenters. The van der Waals surface area contributed by atoms with Crippen LogP contribution in [0.25, 0.3) is 5.69 Å². The Kier molecular flexibility index (Phi) is 5.63. The molecule has 0 bridgehead atoms. The van der Waals surface area contributed by atoms with Crippen LogP contribution in [-0.2, 0) is 13.1 Å². The summed E-state index contributed by atoms with van der Waals surface area (Å²) in [5.41, 5.74) is 2.33. The fourth-order valence-corrected chi connectivity index (χ4v) is 3.51. The van der Waals surface area contributed by atoms with Crippen LogP contribution in [0.5, 0.6) is 11.5 Å². The van der Waals surface area contributed by atoms with Crippen molar-refractivity contribution in [2.75, 3.05) is 13.7 Å². The molecule has 0 saturated heterocycles. The molecule has 3 aromatic rings. The van der Waals surface area contributed by atoms with Crippen molar-refractivity contribution in [1.82, 2.24) is 14.5 Å². The molecule has 0 N–H and O–H groups in total. The van der Waals surface area contributed by atoms with Gasteiger partial charge in [-0.25, -0.2) is 4.98 Å². The van der Waals surface area contributed by atoms with Crippen LogP contribution in [0.2, 0.25) is 0 Å². The maximum Gasteiger partial charge on any atom is 0.127 e. The Morgan fingerprint density at radius 2 is 1.86 bits per heavy atom. The number of aromatic nitrogens is 2. The molecule has 0 aliphatic heterocycles. The van der Waals surface area contributed by atoms with E-state index in [-0.39, 0.29) is 0 Å². The topological polar surface area (TPSA) is 39.5 Å². The van der Waals surface area contributed by atoms with Crippen molar-refractivity contribution in [3.8, 4) is 17.2 Å². The van der Waals surface area contributed by atoms with E-state index in [1.807, 2.05) is 37.5 Å². The van der Waals surface area contributed by atoms with Crippen LogP contribution in [-0.4, -0.2) is 34.2 Å². The first-order chi connectivity index (χ1) is 13.8. The number of hydrogen-bond donors (Lipinski definition) is 0. The van der Waals surface area contributed by atoms with Gasteiger partial charge in [-0.3, -0.25) is 4.90 Å². The van der Waals surface area contributed by atoms with Crippen LogP contribution in [0.1, 0.15) is 31.2 Å². The molecule has 0 radical (unpaired) electrons. The fourth-order valence-electron chi connectivity index (χ4n) is 3.51. The largest absolute Gasteiger partial charge is 0.497 e. The molecule has 1 heterocycles. The van der Waals surface area contributed by atoms with Crippen molar-refractivity contribution in [2.45, 2.75) is 38.9 Å². The summed E-state index contributed by atoms with van der Waals surface area (Å²) in [4.78, 5) is 7.16. The first-order valence-electron chi connectivity index (χ1n) is 9.90. The van der Waals surface area contributed by atoms with Gasteiger partial charge in [-0.1, -0.05) is 18.2 Å². The molecule has 0 amide bonds. The highest BCUT2D eigenvalue weighted by atomic mass is 16.5. The van der Waals surface area contributed by atoms with E-state index in [9.17, 15) is 0 Å². The van der Waals surface area contributed by atoms with Gasteiger partial charge < -0.3 is 14.0 Å². The van der Waals surface area contributed by atoms with Gasteiger partial charge in [-0.2, -0.15) is 0 Å². The molecule has 28 heavy (non-hydrogen) atoms. The van der Waals surface area contributed by atoms with Crippen molar-refractivity contribution in [3.05, 3.63) is 72.3 Å². The zero-order chi connectivity index (χ0) is 19.3. The van der Waals surface area contributed by atoms with E-state index >= 15 is 0 Å². The van der Waals surface area contributed by atoms with Crippen LogP contribution >= 0.6 is 0 Å². The Labute approximate surface area is 166 Å². The van der Waals surface area contributed by atoms with E-state index in [1.54, 1.807) is 7.11 Å². The van der Waals surface area contributed by atoms with Crippen molar-refractivity contribution in [1.29, 1.82) is 0 Å². The first kappa shape index (κ1) is 18.6. The fraction of sp³-hybridized carbons (Fsp3) is 0.348. The van der Waals surface area contributed by atoms with Crippen molar-refractivity contribution in [3.63, 3.8) is 0 Å². The summed E-state index contributed by atoms with van der Waals surface area (Å²) in [6.07, 6.45) is 6.40. The number of ether oxygens (including phenoxy) is 2. The van der Waals surface area contributed by atoms with E-state index in [1.165, 1.54) is 18.4 Å². The summed E-state index contributed by atoms with van der Waals surface area (Å²) < 4.78 is 13.3. The Balaban J connectivity index is 1.54. The van der Waals surface area contributed by atoms with Crippen molar-refractivity contribution in [2.24, 2.45) is 0 Å². The SMILES string of the molecule is CCOc1ccccc1CN(Cc1nccn1-c1ccc(OC)cc1)C1CC1. The Hall–Kier alpha value is -2.79.